The molecule has 3 aromatic rings. The first-order valence-corrected chi connectivity index (χ1v) is 12.3. The molecule has 1 unspecified atom stereocenters. The second-order valence-corrected chi connectivity index (χ2v) is 9.13. The van der Waals surface area contributed by atoms with Crippen molar-refractivity contribution >= 4 is 39.9 Å². The summed E-state index contributed by atoms with van der Waals surface area (Å²) < 4.78 is 31.5. The zero-order valence-corrected chi connectivity index (χ0v) is 20.4. The van der Waals surface area contributed by atoms with Gasteiger partial charge in [0.05, 0.1) is 42.3 Å². The maximum atomic E-state index is 13.6. The Balaban J connectivity index is 1.36. The van der Waals surface area contributed by atoms with Crippen LogP contribution in [0, 0.1) is 5.82 Å². The number of hydrogen-bond acceptors (Lipinski definition) is 8. The van der Waals surface area contributed by atoms with Crippen molar-refractivity contribution < 1.29 is 23.4 Å². The van der Waals surface area contributed by atoms with Gasteiger partial charge < -0.3 is 24.8 Å². The van der Waals surface area contributed by atoms with Crippen LogP contribution in [0.1, 0.15) is 12.8 Å². The molecule has 0 saturated carbocycles. The number of amides is 1. The summed E-state index contributed by atoms with van der Waals surface area (Å²) in [6.07, 6.45) is 2.91. The van der Waals surface area contributed by atoms with Crippen LogP contribution in [-0.2, 0) is 9.53 Å². The topological polar surface area (TPSA) is 97.8 Å². The van der Waals surface area contributed by atoms with Crippen LogP contribution in [0.4, 0.5) is 15.9 Å². The molecule has 5 rings (SSSR count). The number of fused-ring (bicyclic) bond motifs is 1. The fraction of sp³-hybridized carbons (Fsp3) is 0.400. The minimum Gasteiger partial charge on any atom is -0.493 e. The predicted octanol–water partition coefficient (Wildman–Crippen LogP) is 3.53. The minimum absolute atomic E-state index is 0.0128. The summed E-state index contributed by atoms with van der Waals surface area (Å²) in [6.45, 7) is 4.35. The van der Waals surface area contributed by atoms with Gasteiger partial charge in [-0.05, 0) is 24.6 Å². The lowest BCUT2D eigenvalue weighted by molar-refractivity contribution is -0.124. The highest BCUT2D eigenvalue weighted by molar-refractivity contribution is 6.31. The Morgan fingerprint density at radius 3 is 3.00 bits per heavy atom. The molecule has 9 nitrogen and oxygen atoms in total. The summed E-state index contributed by atoms with van der Waals surface area (Å²) in [4.78, 5) is 22.5. The Morgan fingerprint density at radius 2 is 2.19 bits per heavy atom. The number of rotatable bonds is 9. The number of piperazine rings is 1. The number of nitrogens with zero attached hydrogens (tertiary/aromatic N) is 3. The molecule has 0 spiro atoms. The first-order chi connectivity index (χ1) is 17.5. The van der Waals surface area contributed by atoms with Gasteiger partial charge in [-0.25, -0.2) is 14.4 Å². The molecule has 1 amide bonds. The van der Waals surface area contributed by atoms with Crippen molar-refractivity contribution in [2.24, 2.45) is 0 Å². The number of anilines is 2. The summed E-state index contributed by atoms with van der Waals surface area (Å²) in [5.41, 5.74) is 1.23. The Kier molecular flexibility index (Phi) is 7.64. The average molecular weight is 516 g/mol. The molecular weight excluding hydrogens is 489 g/mol. The average Bonchev–Trinajstić information content (AvgIpc) is 3.37. The van der Waals surface area contributed by atoms with Gasteiger partial charge in [0, 0.05) is 43.9 Å². The summed E-state index contributed by atoms with van der Waals surface area (Å²) >= 11 is 5.96. The van der Waals surface area contributed by atoms with E-state index in [1.54, 1.807) is 6.07 Å². The quantitative estimate of drug-likeness (QED) is 0.418. The number of ether oxygens (including phenoxy) is 3. The maximum absolute atomic E-state index is 13.6. The molecule has 0 radical (unpaired) electrons. The van der Waals surface area contributed by atoms with Crippen LogP contribution in [0.2, 0.25) is 5.02 Å². The number of halogens is 2. The number of aromatic nitrogens is 2. The molecule has 2 aromatic carbocycles. The second kappa shape index (κ2) is 11.2. The van der Waals surface area contributed by atoms with Gasteiger partial charge in [-0.15, -0.1) is 0 Å². The first-order valence-electron chi connectivity index (χ1n) is 11.9. The van der Waals surface area contributed by atoms with E-state index in [1.165, 1.54) is 18.5 Å². The largest absolute Gasteiger partial charge is 0.493 e. The van der Waals surface area contributed by atoms with E-state index in [2.05, 4.69) is 25.5 Å². The molecule has 3 heterocycles. The van der Waals surface area contributed by atoms with Crippen LogP contribution < -0.4 is 20.1 Å². The Hall–Kier alpha value is -3.21. The maximum Gasteiger partial charge on any atom is 0.234 e. The lowest BCUT2D eigenvalue weighted by Gasteiger charge is -2.26. The first kappa shape index (κ1) is 24.5. The van der Waals surface area contributed by atoms with Crippen LogP contribution >= 0.6 is 11.6 Å². The van der Waals surface area contributed by atoms with Crippen molar-refractivity contribution in [1.29, 1.82) is 0 Å². The van der Waals surface area contributed by atoms with Crippen molar-refractivity contribution in [1.82, 2.24) is 20.2 Å². The van der Waals surface area contributed by atoms with Gasteiger partial charge in [0.25, 0.3) is 0 Å². The zero-order valence-electron chi connectivity index (χ0n) is 19.6. The van der Waals surface area contributed by atoms with E-state index < -0.39 is 5.82 Å². The Morgan fingerprint density at radius 1 is 1.28 bits per heavy atom. The van der Waals surface area contributed by atoms with Crippen LogP contribution in [0.5, 0.6) is 11.5 Å². The van der Waals surface area contributed by atoms with E-state index in [4.69, 9.17) is 25.8 Å². The van der Waals surface area contributed by atoms with Crippen molar-refractivity contribution in [2.45, 2.75) is 18.9 Å². The number of nitrogens with one attached hydrogen (secondary N) is 2. The SMILES string of the molecule is O=C1CN(CCCOc2cc(OC3CCOC3)c3c(Nc4ccc(F)c(Cl)c4)ncnc3c2)CCN1. The lowest BCUT2D eigenvalue weighted by Crippen LogP contribution is -2.47. The van der Waals surface area contributed by atoms with Crippen molar-refractivity contribution in [3.8, 4) is 11.5 Å². The van der Waals surface area contributed by atoms with Gasteiger partial charge in [-0.1, -0.05) is 11.6 Å². The van der Waals surface area contributed by atoms with Crippen molar-refractivity contribution in [3.05, 3.63) is 47.5 Å². The molecule has 190 valence electrons. The molecule has 0 aliphatic carbocycles. The van der Waals surface area contributed by atoms with Crippen molar-refractivity contribution in [3.63, 3.8) is 0 Å². The molecule has 2 aliphatic heterocycles. The molecule has 1 atom stereocenters. The fourth-order valence-electron chi connectivity index (χ4n) is 4.26. The molecule has 0 bridgehead atoms. The van der Waals surface area contributed by atoms with Gasteiger partial charge >= 0.3 is 0 Å². The summed E-state index contributed by atoms with van der Waals surface area (Å²) in [7, 11) is 0. The lowest BCUT2D eigenvalue weighted by atomic mass is 10.2. The molecule has 2 aliphatic rings. The van der Waals surface area contributed by atoms with E-state index in [-0.39, 0.29) is 17.0 Å². The fourth-order valence-corrected chi connectivity index (χ4v) is 4.44. The third-order valence-electron chi connectivity index (χ3n) is 6.04. The van der Waals surface area contributed by atoms with Crippen LogP contribution in [-0.4, -0.2) is 72.9 Å². The molecule has 1 aromatic heterocycles. The third-order valence-corrected chi connectivity index (χ3v) is 6.33. The number of carbonyl (C=O) groups is 1. The van der Waals surface area contributed by atoms with E-state index >= 15 is 0 Å². The van der Waals surface area contributed by atoms with Crippen LogP contribution in [0.25, 0.3) is 10.9 Å². The highest BCUT2D eigenvalue weighted by Gasteiger charge is 2.21. The molecule has 2 saturated heterocycles. The smallest absolute Gasteiger partial charge is 0.234 e. The normalized spacial score (nSPS) is 18.3. The van der Waals surface area contributed by atoms with Gasteiger partial charge in [0.1, 0.15) is 35.6 Å². The molecule has 2 N–H and O–H groups in total. The third kappa shape index (κ3) is 5.95. The summed E-state index contributed by atoms with van der Waals surface area (Å²) in [5.74, 6) is 1.27. The number of benzene rings is 2. The number of carbonyl (C=O) groups excluding carboxylic acids is 1. The Labute approximate surface area is 212 Å². The van der Waals surface area contributed by atoms with Crippen LogP contribution in [0.15, 0.2) is 36.7 Å². The van der Waals surface area contributed by atoms with Crippen molar-refractivity contribution in [2.75, 3.05) is 51.3 Å². The monoisotopic (exact) mass is 515 g/mol. The highest BCUT2D eigenvalue weighted by Crippen LogP contribution is 2.37. The van der Waals surface area contributed by atoms with Gasteiger partial charge in [0.2, 0.25) is 5.91 Å². The van der Waals surface area contributed by atoms with E-state index in [9.17, 15) is 9.18 Å². The molecule has 2 fully saturated rings. The highest BCUT2D eigenvalue weighted by atomic mass is 35.5. The minimum atomic E-state index is -0.495. The predicted molar refractivity (Wildman–Crippen MR) is 134 cm³/mol. The van der Waals surface area contributed by atoms with E-state index in [1.807, 2.05) is 12.1 Å². The van der Waals surface area contributed by atoms with E-state index in [0.29, 0.717) is 66.8 Å². The van der Waals surface area contributed by atoms with Crippen LogP contribution in [0.3, 0.4) is 0 Å². The van der Waals surface area contributed by atoms with Gasteiger partial charge in [-0.2, -0.15) is 0 Å². The second-order valence-electron chi connectivity index (χ2n) is 8.72. The molecule has 36 heavy (non-hydrogen) atoms. The summed E-state index contributed by atoms with van der Waals surface area (Å²) in [6, 6.07) is 8.06. The standard InChI is InChI=1S/C25H27ClFN5O4/c26-19-10-16(2-3-20(19)27)31-25-24-21(29-15-30-25)11-18(12-22(24)36-17-4-9-34-14-17)35-8-1-6-32-7-5-28-23(33)13-32/h2-3,10-12,15,17H,1,4-9,13-14H2,(H,28,33)(H,29,30,31). The summed E-state index contributed by atoms with van der Waals surface area (Å²) in [5, 5.41) is 6.72. The van der Waals surface area contributed by atoms with Gasteiger partial charge in [-0.3, -0.25) is 9.69 Å². The molecule has 11 heteroatoms. The van der Waals surface area contributed by atoms with Gasteiger partial charge in [0.15, 0.2) is 0 Å². The number of hydrogen-bond donors (Lipinski definition) is 2. The zero-order chi connectivity index (χ0) is 24.9. The Bertz CT molecular complexity index is 1240. The molecular formula is C25H27ClFN5O4. The van der Waals surface area contributed by atoms with E-state index in [0.717, 1.165) is 25.9 Å².